The van der Waals surface area contributed by atoms with E-state index in [4.69, 9.17) is 0 Å². The molecule has 0 amide bonds. The van der Waals surface area contributed by atoms with E-state index in [0.29, 0.717) is 0 Å². The van der Waals surface area contributed by atoms with Crippen LogP contribution in [0.2, 0.25) is 0 Å². The van der Waals surface area contributed by atoms with Gasteiger partial charge in [-0.15, -0.1) is 0 Å². The Hall–Kier alpha value is -0.880. The highest BCUT2D eigenvalue weighted by molar-refractivity contribution is 7.95. The van der Waals surface area contributed by atoms with Crippen LogP contribution in [0.15, 0.2) is 24.3 Å². The van der Waals surface area contributed by atoms with Crippen LogP contribution in [-0.2, 0) is 14.8 Å². The van der Waals surface area contributed by atoms with Crippen LogP contribution in [0, 0.1) is 0 Å². The van der Waals surface area contributed by atoms with Crippen molar-refractivity contribution in [3.63, 3.8) is 0 Å². The topological polar surface area (TPSA) is 44.5 Å². The van der Waals surface area contributed by atoms with Crippen LogP contribution < -0.4 is 5.26 Å². The maximum atomic E-state index is 9.84. The first-order chi connectivity index (χ1) is 9.48. The van der Waals surface area contributed by atoms with Crippen molar-refractivity contribution >= 4 is 23.4 Å². The molecule has 1 atom stereocenters. The van der Waals surface area contributed by atoms with Crippen molar-refractivity contribution in [3.8, 4) is 0 Å². The minimum Gasteiger partial charge on any atom is -0.691 e. The minimum atomic E-state index is 0.0710. The molecule has 0 bridgehead atoms. The van der Waals surface area contributed by atoms with Crippen LogP contribution >= 0.6 is 12.0 Å². The summed E-state index contributed by atoms with van der Waals surface area (Å²) in [6.07, 6.45) is 0.912. The van der Waals surface area contributed by atoms with Gasteiger partial charge in [-0.05, 0) is 13.8 Å². The summed E-state index contributed by atoms with van der Waals surface area (Å²) in [5.41, 5.74) is 4.09. The molecule has 0 fully saturated rings. The molecule has 4 nitrogen and oxygen atoms in total. The Morgan fingerprint density at radius 3 is 2.75 bits per heavy atom. The van der Waals surface area contributed by atoms with Gasteiger partial charge in [0.05, 0.1) is 5.41 Å². The molecule has 1 aliphatic rings. The maximum Gasteiger partial charge on any atom is 0.209 e. The van der Waals surface area contributed by atoms with Crippen molar-refractivity contribution in [1.29, 1.82) is 0 Å². The molecule has 0 N–H and O–H groups in total. The summed E-state index contributed by atoms with van der Waals surface area (Å²) in [5.74, 6) is 0. The Morgan fingerprint density at radius 1 is 1.35 bits per heavy atom. The summed E-state index contributed by atoms with van der Waals surface area (Å²) >= 11 is 1.07. The zero-order valence-corrected chi connectivity index (χ0v) is 13.2. The summed E-state index contributed by atoms with van der Waals surface area (Å²) in [5, 5.41) is 13.4. The molecule has 1 aromatic carbocycles. The number of fused-ring (bicyclic) bond motifs is 1. The van der Waals surface area contributed by atoms with Crippen LogP contribution in [0.25, 0.3) is 0 Å². The summed E-state index contributed by atoms with van der Waals surface area (Å²) in [6.45, 7) is 9.63. The Balaban J connectivity index is 2.13. The van der Waals surface area contributed by atoms with E-state index in [2.05, 4.69) is 59.0 Å². The fraction of sp³-hybridized carbons (Fsp3) is 0.533. The van der Waals surface area contributed by atoms with Gasteiger partial charge in [0.15, 0.2) is 5.71 Å². The van der Waals surface area contributed by atoms with Crippen LogP contribution in [-0.4, -0.2) is 22.1 Å². The SMILES string of the molecule is CC1=[N+](CCC(C)SOO[O-])c2ccccc2C1(C)C. The van der Waals surface area contributed by atoms with Crippen LogP contribution in [0.4, 0.5) is 5.69 Å². The smallest absolute Gasteiger partial charge is 0.209 e. The molecule has 1 aromatic rings. The third-order valence-corrected chi connectivity index (χ3v) is 4.87. The number of hydrogen-bond donors (Lipinski definition) is 0. The predicted octanol–water partition coefficient (Wildman–Crippen LogP) is 2.73. The summed E-state index contributed by atoms with van der Waals surface area (Å²) in [6, 6.07) is 8.54. The molecule has 1 heterocycles. The second-order valence-corrected chi connectivity index (χ2v) is 6.84. The van der Waals surface area contributed by atoms with Gasteiger partial charge in [0, 0.05) is 42.3 Å². The third-order valence-electron chi connectivity index (χ3n) is 4.17. The molecule has 0 saturated carbocycles. The fourth-order valence-corrected chi connectivity index (χ4v) is 3.05. The average molecular weight is 295 g/mol. The molecule has 1 unspecified atom stereocenters. The van der Waals surface area contributed by atoms with Crippen molar-refractivity contribution in [2.45, 2.75) is 44.8 Å². The quantitative estimate of drug-likeness (QED) is 0.350. The van der Waals surface area contributed by atoms with E-state index in [9.17, 15) is 5.26 Å². The number of para-hydroxylation sites is 1. The van der Waals surface area contributed by atoms with Crippen LogP contribution in [0.1, 0.15) is 39.7 Å². The van der Waals surface area contributed by atoms with E-state index in [1.165, 1.54) is 17.0 Å². The molecule has 0 aliphatic carbocycles. The Kier molecular flexibility index (Phi) is 4.86. The van der Waals surface area contributed by atoms with Gasteiger partial charge >= 0.3 is 0 Å². The molecule has 0 saturated heterocycles. The first-order valence-corrected chi connectivity index (χ1v) is 7.62. The number of benzene rings is 1. The van der Waals surface area contributed by atoms with Gasteiger partial charge in [0.2, 0.25) is 5.69 Å². The molecule has 0 aromatic heterocycles. The van der Waals surface area contributed by atoms with E-state index >= 15 is 0 Å². The summed E-state index contributed by atoms with van der Waals surface area (Å²) in [7, 11) is 0. The molecule has 20 heavy (non-hydrogen) atoms. The number of rotatable bonds is 6. The zero-order chi connectivity index (χ0) is 14.8. The van der Waals surface area contributed by atoms with Crippen molar-refractivity contribution in [1.82, 2.24) is 0 Å². The molecular formula is C15H21NO3S. The molecule has 0 radical (unpaired) electrons. The minimum absolute atomic E-state index is 0.0710. The average Bonchev–Trinajstić information content (AvgIpc) is 2.63. The lowest BCUT2D eigenvalue weighted by Gasteiger charge is -2.14. The van der Waals surface area contributed by atoms with Crippen molar-refractivity contribution in [2.75, 3.05) is 6.54 Å². The van der Waals surface area contributed by atoms with Crippen molar-refractivity contribution < 1.29 is 19.2 Å². The van der Waals surface area contributed by atoms with Gasteiger partial charge in [-0.3, -0.25) is 5.04 Å². The van der Waals surface area contributed by atoms with E-state index in [1.807, 2.05) is 6.92 Å². The van der Waals surface area contributed by atoms with Crippen LogP contribution in [0.5, 0.6) is 0 Å². The van der Waals surface area contributed by atoms with Gasteiger partial charge in [-0.2, -0.15) is 8.91 Å². The van der Waals surface area contributed by atoms with Crippen molar-refractivity contribution in [2.24, 2.45) is 0 Å². The largest absolute Gasteiger partial charge is 0.691 e. The normalized spacial score (nSPS) is 18.2. The molecule has 0 spiro atoms. The second-order valence-electron chi connectivity index (χ2n) is 5.71. The monoisotopic (exact) mass is 295 g/mol. The maximum absolute atomic E-state index is 9.84. The van der Waals surface area contributed by atoms with E-state index in [0.717, 1.165) is 25.0 Å². The molecule has 1 aliphatic heterocycles. The van der Waals surface area contributed by atoms with Gasteiger partial charge in [0.25, 0.3) is 0 Å². The zero-order valence-electron chi connectivity index (χ0n) is 12.4. The van der Waals surface area contributed by atoms with Gasteiger partial charge in [0.1, 0.15) is 6.54 Å². The lowest BCUT2D eigenvalue weighted by Crippen LogP contribution is -2.27. The van der Waals surface area contributed by atoms with E-state index in [1.54, 1.807) is 0 Å². The Bertz CT molecular complexity index is 514. The molecular weight excluding hydrogens is 274 g/mol. The number of hydrogen-bond acceptors (Lipinski definition) is 4. The molecule has 5 heteroatoms. The van der Waals surface area contributed by atoms with Gasteiger partial charge < -0.3 is 5.26 Å². The summed E-state index contributed by atoms with van der Waals surface area (Å²) in [4.78, 5) is 0. The van der Waals surface area contributed by atoms with Gasteiger partial charge in [-0.1, -0.05) is 25.1 Å². The standard InChI is InChI=1S/C15H21NO3S/c1-11(20-19-18-17)9-10-16-12(2)15(3,4)13-7-5-6-8-14(13)16/h5-8,11H,9-10H2,1-4H3. The highest BCUT2D eigenvalue weighted by atomic mass is 32.2. The molecule has 110 valence electrons. The first-order valence-electron chi connectivity index (χ1n) is 6.81. The van der Waals surface area contributed by atoms with Crippen LogP contribution in [0.3, 0.4) is 0 Å². The van der Waals surface area contributed by atoms with Gasteiger partial charge in [-0.25, -0.2) is 0 Å². The van der Waals surface area contributed by atoms with E-state index in [-0.39, 0.29) is 10.7 Å². The predicted molar refractivity (Wildman–Crippen MR) is 78.8 cm³/mol. The summed E-state index contributed by atoms with van der Waals surface area (Å²) < 4.78 is 6.75. The fourth-order valence-electron chi connectivity index (χ4n) is 2.68. The number of nitrogens with zero attached hydrogens (tertiary/aromatic N) is 1. The first kappa shape index (κ1) is 15.5. The Labute approximate surface area is 124 Å². The Morgan fingerprint density at radius 2 is 2.05 bits per heavy atom. The highest BCUT2D eigenvalue weighted by Gasteiger charge is 2.42. The highest BCUT2D eigenvalue weighted by Crippen LogP contribution is 2.39. The second kappa shape index (κ2) is 6.26. The van der Waals surface area contributed by atoms with E-state index < -0.39 is 0 Å². The lowest BCUT2D eigenvalue weighted by molar-refractivity contribution is -0.777. The lowest BCUT2D eigenvalue weighted by atomic mass is 9.82. The third kappa shape index (κ3) is 2.91. The van der Waals surface area contributed by atoms with Crippen molar-refractivity contribution in [3.05, 3.63) is 29.8 Å². The molecule has 2 rings (SSSR count).